The van der Waals surface area contributed by atoms with Gasteiger partial charge in [0.25, 0.3) is 0 Å². The van der Waals surface area contributed by atoms with Gasteiger partial charge in [0.2, 0.25) is 10.0 Å². The number of benzene rings is 1. The maximum absolute atomic E-state index is 12.5. The third-order valence-electron chi connectivity index (χ3n) is 3.58. The predicted octanol–water partition coefficient (Wildman–Crippen LogP) is 1.49. The van der Waals surface area contributed by atoms with Crippen LogP contribution in [-0.2, 0) is 10.0 Å². The lowest BCUT2D eigenvalue weighted by atomic mass is 10.1. The fraction of sp³-hybridized carbons (Fsp3) is 0.571. The number of nitrogens with zero attached hydrogens (tertiary/aromatic N) is 1. The molecule has 1 aliphatic heterocycles. The van der Waals surface area contributed by atoms with Gasteiger partial charge in [-0.1, -0.05) is 12.1 Å². The normalized spacial score (nSPS) is 18.1. The first kappa shape index (κ1) is 15.3. The number of hydrogen-bond acceptors (Lipinski definition) is 4. The summed E-state index contributed by atoms with van der Waals surface area (Å²) in [5, 5.41) is 3.10. The van der Waals surface area contributed by atoms with Gasteiger partial charge in [-0.3, -0.25) is 0 Å². The van der Waals surface area contributed by atoms with E-state index in [1.54, 1.807) is 18.2 Å². The van der Waals surface area contributed by atoms with Crippen LogP contribution in [0.3, 0.4) is 0 Å². The zero-order valence-corrected chi connectivity index (χ0v) is 12.9. The van der Waals surface area contributed by atoms with Crippen LogP contribution < -0.4 is 10.0 Å². The van der Waals surface area contributed by atoms with Crippen molar-refractivity contribution in [3.63, 3.8) is 0 Å². The zero-order valence-electron chi connectivity index (χ0n) is 12.1. The molecule has 0 aromatic heterocycles. The van der Waals surface area contributed by atoms with Gasteiger partial charge in [-0.15, -0.1) is 0 Å². The highest BCUT2D eigenvalue weighted by molar-refractivity contribution is 7.89. The van der Waals surface area contributed by atoms with Crippen LogP contribution in [0.5, 0.6) is 0 Å². The fourth-order valence-electron chi connectivity index (χ4n) is 2.45. The monoisotopic (exact) mass is 297 g/mol. The van der Waals surface area contributed by atoms with Crippen LogP contribution in [0.25, 0.3) is 0 Å². The second-order valence-electron chi connectivity index (χ2n) is 5.23. The standard InChI is InChI=1S/C14H23N3O2S/c1-3-15-13-6-4-5-7-14(13)20(18,19)16-12-8-10-17(2)11-9-12/h4-7,12,15-16H,3,8-11H2,1-2H3. The van der Waals surface area contributed by atoms with Crippen molar-refractivity contribution in [3.05, 3.63) is 24.3 Å². The summed E-state index contributed by atoms with van der Waals surface area (Å²) >= 11 is 0. The molecule has 1 saturated heterocycles. The number of rotatable bonds is 5. The number of nitrogens with one attached hydrogen (secondary N) is 2. The molecule has 1 fully saturated rings. The molecule has 0 saturated carbocycles. The SMILES string of the molecule is CCNc1ccccc1S(=O)(=O)NC1CCN(C)CC1. The third kappa shape index (κ3) is 3.71. The molecule has 1 aromatic rings. The second-order valence-corrected chi connectivity index (χ2v) is 6.91. The van der Waals surface area contributed by atoms with Crippen molar-refractivity contribution in [3.8, 4) is 0 Å². The summed E-state index contributed by atoms with van der Waals surface area (Å²) in [6.45, 7) is 4.51. The Balaban J connectivity index is 2.14. The van der Waals surface area contributed by atoms with Crippen molar-refractivity contribution in [2.24, 2.45) is 0 Å². The van der Waals surface area contributed by atoms with Crippen molar-refractivity contribution in [1.82, 2.24) is 9.62 Å². The first-order valence-electron chi connectivity index (χ1n) is 7.06. The average Bonchev–Trinajstić information content (AvgIpc) is 2.42. The smallest absolute Gasteiger partial charge is 0.242 e. The number of sulfonamides is 1. The van der Waals surface area contributed by atoms with Crippen LogP contribution in [-0.4, -0.2) is 46.0 Å². The number of para-hydroxylation sites is 1. The van der Waals surface area contributed by atoms with E-state index in [0.29, 0.717) is 17.1 Å². The number of hydrogen-bond donors (Lipinski definition) is 2. The molecule has 0 radical (unpaired) electrons. The summed E-state index contributed by atoms with van der Waals surface area (Å²) in [7, 11) is -1.40. The molecule has 0 bridgehead atoms. The molecular formula is C14H23N3O2S. The predicted molar refractivity (Wildman–Crippen MR) is 81.4 cm³/mol. The lowest BCUT2D eigenvalue weighted by molar-refractivity contribution is 0.248. The maximum atomic E-state index is 12.5. The van der Waals surface area contributed by atoms with E-state index in [9.17, 15) is 8.42 Å². The molecule has 1 aliphatic rings. The first-order chi connectivity index (χ1) is 9.53. The van der Waals surface area contributed by atoms with Gasteiger partial charge in [-0.25, -0.2) is 13.1 Å². The van der Waals surface area contributed by atoms with Crippen LogP contribution in [0.1, 0.15) is 19.8 Å². The Bertz CT molecular complexity index is 537. The Morgan fingerprint density at radius 2 is 1.90 bits per heavy atom. The van der Waals surface area contributed by atoms with Gasteiger partial charge in [0.15, 0.2) is 0 Å². The molecule has 2 rings (SSSR count). The van der Waals surface area contributed by atoms with Gasteiger partial charge in [-0.2, -0.15) is 0 Å². The Morgan fingerprint density at radius 1 is 1.25 bits per heavy atom. The Hall–Kier alpha value is -1.11. The molecule has 20 heavy (non-hydrogen) atoms. The molecule has 0 unspecified atom stereocenters. The van der Waals surface area contributed by atoms with Crippen molar-refractivity contribution in [2.75, 3.05) is 32.0 Å². The van der Waals surface area contributed by atoms with Gasteiger partial charge in [0, 0.05) is 12.6 Å². The van der Waals surface area contributed by atoms with Crippen LogP contribution >= 0.6 is 0 Å². The molecular weight excluding hydrogens is 274 g/mol. The fourth-order valence-corrected chi connectivity index (χ4v) is 3.94. The number of piperidine rings is 1. The highest BCUT2D eigenvalue weighted by atomic mass is 32.2. The van der Waals surface area contributed by atoms with Crippen molar-refractivity contribution in [1.29, 1.82) is 0 Å². The van der Waals surface area contributed by atoms with E-state index >= 15 is 0 Å². The lowest BCUT2D eigenvalue weighted by Crippen LogP contribution is -2.43. The minimum Gasteiger partial charge on any atom is -0.384 e. The summed E-state index contributed by atoms with van der Waals surface area (Å²) in [4.78, 5) is 2.55. The summed E-state index contributed by atoms with van der Waals surface area (Å²) in [5.74, 6) is 0. The molecule has 1 aromatic carbocycles. The maximum Gasteiger partial charge on any atom is 0.242 e. The van der Waals surface area contributed by atoms with E-state index in [0.717, 1.165) is 25.9 Å². The number of anilines is 1. The molecule has 6 heteroatoms. The van der Waals surface area contributed by atoms with Crippen molar-refractivity contribution in [2.45, 2.75) is 30.7 Å². The highest BCUT2D eigenvalue weighted by Crippen LogP contribution is 2.22. The Kier molecular flexibility index (Phi) is 5.01. The van der Waals surface area contributed by atoms with Gasteiger partial charge in [-0.05, 0) is 52.0 Å². The lowest BCUT2D eigenvalue weighted by Gasteiger charge is -2.29. The van der Waals surface area contributed by atoms with Crippen LogP contribution in [0, 0.1) is 0 Å². The van der Waals surface area contributed by atoms with Crippen LogP contribution in [0.15, 0.2) is 29.2 Å². The summed E-state index contributed by atoms with van der Waals surface area (Å²) in [6.07, 6.45) is 1.72. The Morgan fingerprint density at radius 3 is 2.55 bits per heavy atom. The topological polar surface area (TPSA) is 61.4 Å². The molecule has 1 heterocycles. The van der Waals surface area contributed by atoms with E-state index in [1.165, 1.54) is 0 Å². The second kappa shape index (κ2) is 6.56. The zero-order chi connectivity index (χ0) is 14.6. The molecule has 2 N–H and O–H groups in total. The van der Waals surface area contributed by atoms with Crippen LogP contribution in [0.2, 0.25) is 0 Å². The van der Waals surface area contributed by atoms with E-state index in [2.05, 4.69) is 22.0 Å². The minimum absolute atomic E-state index is 0.0332. The minimum atomic E-state index is -3.46. The van der Waals surface area contributed by atoms with E-state index in [1.807, 2.05) is 13.0 Å². The largest absolute Gasteiger partial charge is 0.384 e. The third-order valence-corrected chi connectivity index (χ3v) is 5.16. The quantitative estimate of drug-likeness (QED) is 0.864. The molecule has 0 atom stereocenters. The van der Waals surface area contributed by atoms with E-state index in [4.69, 9.17) is 0 Å². The highest BCUT2D eigenvalue weighted by Gasteiger charge is 2.24. The van der Waals surface area contributed by atoms with Crippen molar-refractivity contribution >= 4 is 15.7 Å². The van der Waals surface area contributed by atoms with Gasteiger partial charge >= 0.3 is 0 Å². The van der Waals surface area contributed by atoms with Crippen LogP contribution in [0.4, 0.5) is 5.69 Å². The number of likely N-dealkylation sites (tertiary alicyclic amines) is 1. The molecule has 0 aliphatic carbocycles. The summed E-state index contributed by atoms with van der Waals surface area (Å²) < 4.78 is 27.9. The average molecular weight is 297 g/mol. The first-order valence-corrected chi connectivity index (χ1v) is 8.55. The van der Waals surface area contributed by atoms with Gasteiger partial charge in [0.05, 0.1) is 5.69 Å². The van der Waals surface area contributed by atoms with Gasteiger partial charge in [0.1, 0.15) is 4.90 Å². The molecule has 112 valence electrons. The van der Waals surface area contributed by atoms with Crippen molar-refractivity contribution < 1.29 is 8.42 Å². The Labute approximate surface area is 121 Å². The molecule has 0 spiro atoms. The van der Waals surface area contributed by atoms with E-state index < -0.39 is 10.0 Å². The summed E-state index contributed by atoms with van der Waals surface area (Å²) in [5.41, 5.74) is 0.662. The molecule has 0 amide bonds. The molecule has 5 nitrogen and oxygen atoms in total. The van der Waals surface area contributed by atoms with Gasteiger partial charge < -0.3 is 10.2 Å². The summed E-state index contributed by atoms with van der Waals surface area (Å²) in [6, 6.07) is 7.07. The van der Waals surface area contributed by atoms with E-state index in [-0.39, 0.29) is 6.04 Å².